The highest BCUT2D eigenvalue weighted by Crippen LogP contribution is 2.25. The van der Waals surface area contributed by atoms with Crippen molar-refractivity contribution in [3.05, 3.63) is 53.1 Å². The van der Waals surface area contributed by atoms with E-state index in [-0.39, 0.29) is 16.8 Å². The van der Waals surface area contributed by atoms with Gasteiger partial charge in [-0.1, -0.05) is 0 Å². The Bertz CT molecular complexity index is 749. The molecule has 0 aliphatic carbocycles. The van der Waals surface area contributed by atoms with E-state index in [0.717, 1.165) is 18.3 Å². The minimum Gasteiger partial charge on any atom is -0.505 e. The van der Waals surface area contributed by atoms with Crippen LogP contribution in [0.1, 0.15) is 26.4 Å². The molecule has 5 N–H and O–H groups in total. The van der Waals surface area contributed by atoms with Gasteiger partial charge in [0.2, 0.25) is 0 Å². The number of halogens is 1. The molecular weight excluding hydrogens is 309 g/mol. The second-order valence-electron chi connectivity index (χ2n) is 4.41. The zero-order valence-electron chi connectivity index (χ0n) is 11.6. The molecule has 2 aromatic rings. The predicted octanol–water partition coefficient (Wildman–Crippen LogP) is 0.790. The van der Waals surface area contributed by atoms with Crippen LogP contribution in [-0.4, -0.2) is 32.2 Å². The van der Waals surface area contributed by atoms with E-state index in [2.05, 4.69) is 10.3 Å². The van der Waals surface area contributed by atoms with Gasteiger partial charge in [-0.15, -0.1) is 0 Å². The van der Waals surface area contributed by atoms with Crippen LogP contribution in [0, 0.1) is 5.82 Å². The number of hydrogen-bond donors (Lipinski definition) is 5. The summed E-state index contributed by atoms with van der Waals surface area (Å²) < 4.78 is 12.8. The number of carbonyl (C=O) groups excluding carboxylic acids is 2. The molecule has 0 atom stereocenters. The zero-order chi connectivity index (χ0) is 17.0. The maximum Gasteiger partial charge on any atom is 0.297 e. The third-order valence-electron chi connectivity index (χ3n) is 2.98. The van der Waals surface area contributed by atoms with Gasteiger partial charge in [-0.25, -0.2) is 14.9 Å². The molecule has 9 heteroatoms. The lowest BCUT2D eigenvalue weighted by Crippen LogP contribution is -2.22. The van der Waals surface area contributed by atoms with Crippen molar-refractivity contribution in [2.75, 3.05) is 5.32 Å². The van der Waals surface area contributed by atoms with Crippen molar-refractivity contribution in [3.8, 4) is 5.75 Å². The van der Waals surface area contributed by atoms with Gasteiger partial charge in [-0.3, -0.25) is 14.8 Å². The molecule has 8 nitrogen and oxygen atoms in total. The number of aromatic hydroxyl groups is 1. The van der Waals surface area contributed by atoms with E-state index in [0.29, 0.717) is 0 Å². The van der Waals surface area contributed by atoms with Crippen LogP contribution >= 0.6 is 0 Å². The Hall–Kier alpha value is -3.04. The summed E-state index contributed by atoms with van der Waals surface area (Å²) in [6.45, 7) is -0.744. The number of rotatable bonds is 4. The van der Waals surface area contributed by atoms with E-state index >= 15 is 0 Å². The molecule has 0 radical (unpaired) electrons. The van der Waals surface area contributed by atoms with Gasteiger partial charge in [0.25, 0.3) is 11.8 Å². The molecule has 2 rings (SSSR count). The summed E-state index contributed by atoms with van der Waals surface area (Å²) in [7, 11) is 0. The average molecular weight is 321 g/mol. The third kappa shape index (κ3) is 3.42. The quantitative estimate of drug-likeness (QED) is 0.418. The number of carbonyl (C=O) groups is 2. The molecule has 0 saturated heterocycles. The van der Waals surface area contributed by atoms with Gasteiger partial charge < -0.3 is 15.5 Å². The van der Waals surface area contributed by atoms with Crippen LogP contribution in [0.2, 0.25) is 0 Å². The number of anilines is 1. The minimum absolute atomic E-state index is 0.177. The molecule has 0 aliphatic heterocycles. The Morgan fingerprint density at radius 3 is 2.39 bits per heavy atom. The number of nitrogens with one attached hydrogen (secondary N) is 2. The van der Waals surface area contributed by atoms with Gasteiger partial charge in [0.15, 0.2) is 11.4 Å². The molecule has 0 spiro atoms. The molecule has 0 bridgehead atoms. The number of benzene rings is 1. The molecule has 23 heavy (non-hydrogen) atoms. The van der Waals surface area contributed by atoms with Crippen LogP contribution in [0.5, 0.6) is 5.75 Å². The van der Waals surface area contributed by atoms with Crippen molar-refractivity contribution in [2.45, 2.75) is 6.61 Å². The molecular formula is C14H12FN3O5. The predicted molar refractivity (Wildman–Crippen MR) is 75.4 cm³/mol. The minimum atomic E-state index is -1.09. The summed E-state index contributed by atoms with van der Waals surface area (Å²) in [4.78, 5) is 27.1. The first-order valence-corrected chi connectivity index (χ1v) is 6.31. The van der Waals surface area contributed by atoms with Crippen LogP contribution in [0.4, 0.5) is 10.1 Å². The maximum atomic E-state index is 12.8. The summed E-state index contributed by atoms with van der Waals surface area (Å²) in [5, 5.41) is 30.2. The average Bonchev–Trinajstić information content (AvgIpc) is 2.55. The highest BCUT2D eigenvalue weighted by Gasteiger charge is 2.22. The van der Waals surface area contributed by atoms with Crippen LogP contribution in [0.3, 0.4) is 0 Å². The highest BCUT2D eigenvalue weighted by molar-refractivity contribution is 6.06. The largest absolute Gasteiger partial charge is 0.505 e. The van der Waals surface area contributed by atoms with Crippen LogP contribution in [0.15, 0.2) is 30.5 Å². The lowest BCUT2D eigenvalue weighted by molar-refractivity contribution is 0.0696. The summed E-state index contributed by atoms with van der Waals surface area (Å²) in [5.41, 5.74) is 0.616. The van der Waals surface area contributed by atoms with Gasteiger partial charge in [-0.05, 0) is 24.3 Å². The number of aliphatic hydroxyl groups excluding tert-OH is 1. The number of nitrogens with zero attached hydrogens (tertiary/aromatic N) is 1. The van der Waals surface area contributed by atoms with Crippen molar-refractivity contribution in [2.24, 2.45) is 0 Å². The zero-order valence-corrected chi connectivity index (χ0v) is 11.6. The number of hydrogen-bond acceptors (Lipinski definition) is 6. The maximum absolute atomic E-state index is 12.8. The molecule has 0 aliphatic rings. The van der Waals surface area contributed by atoms with Gasteiger partial charge in [-0.2, -0.15) is 0 Å². The molecule has 0 fully saturated rings. The second-order valence-corrected chi connectivity index (χ2v) is 4.41. The van der Waals surface area contributed by atoms with E-state index in [1.54, 1.807) is 0 Å². The number of amides is 2. The lowest BCUT2D eigenvalue weighted by atomic mass is 10.1. The smallest absolute Gasteiger partial charge is 0.297 e. The molecule has 1 heterocycles. The summed E-state index contributed by atoms with van der Waals surface area (Å²) in [5.74, 6) is -3.02. The molecule has 0 unspecified atom stereocenters. The first-order valence-electron chi connectivity index (χ1n) is 6.31. The third-order valence-corrected chi connectivity index (χ3v) is 2.98. The van der Waals surface area contributed by atoms with Crippen molar-refractivity contribution >= 4 is 17.5 Å². The lowest BCUT2D eigenvalue weighted by Gasteiger charge is -2.12. The first kappa shape index (κ1) is 16.3. The van der Waals surface area contributed by atoms with E-state index in [1.165, 1.54) is 17.6 Å². The number of pyridine rings is 1. The second kappa shape index (κ2) is 6.81. The van der Waals surface area contributed by atoms with Crippen LogP contribution in [0.25, 0.3) is 0 Å². The van der Waals surface area contributed by atoms with E-state index in [9.17, 15) is 24.2 Å². The van der Waals surface area contributed by atoms with E-state index in [4.69, 9.17) is 5.21 Å². The van der Waals surface area contributed by atoms with Crippen molar-refractivity contribution in [1.29, 1.82) is 0 Å². The Morgan fingerprint density at radius 2 is 1.83 bits per heavy atom. The Labute approximate surface area is 129 Å². The topological polar surface area (TPSA) is 132 Å². The van der Waals surface area contributed by atoms with Gasteiger partial charge in [0.1, 0.15) is 5.82 Å². The summed E-state index contributed by atoms with van der Waals surface area (Å²) in [6.07, 6.45) is 0.967. The number of aromatic nitrogens is 1. The number of aliphatic hydroxyl groups is 1. The molecule has 1 aromatic heterocycles. The van der Waals surface area contributed by atoms with Crippen molar-refractivity contribution in [3.63, 3.8) is 0 Å². The van der Waals surface area contributed by atoms with E-state index in [1.807, 2.05) is 0 Å². The Morgan fingerprint density at radius 1 is 1.17 bits per heavy atom. The van der Waals surface area contributed by atoms with Crippen LogP contribution in [-0.2, 0) is 6.61 Å². The summed E-state index contributed by atoms with van der Waals surface area (Å²) >= 11 is 0. The van der Waals surface area contributed by atoms with Gasteiger partial charge >= 0.3 is 0 Å². The fourth-order valence-corrected chi connectivity index (χ4v) is 1.85. The highest BCUT2D eigenvalue weighted by atomic mass is 19.1. The van der Waals surface area contributed by atoms with Crippen LogP contribution < -0.4 is 10.8 Å². The molecule has 120 valence electrons. The number of hydroxylamine groups is 1. The van der Waals surface area contributed by atoms with Gasteiger partial charge in [0.05, 0.1) is 12.2 Å². The standard InChI is InChI=1S/C14H12FN3O5/c15-7-1-3-8(4-2-7)17-13(21)9-5-16-11(14(22)18-23)12(20)10(9)6-19/h1-5,19-20,23H,6H2,(H,17,21)(H,18,22). The normalized spacial score (nSPS) is 10.2. The Kier molecular flexibility index (Phi) is 4.84. The SMILES string of the molecule is O=C(Nc1ccc(F)cc1)c1cnc(C(=O)NO)c(O)c1CO. The molecule has 2 amide bonds. The van der Waals surface area contributed by atoms with Gasteiger partial charge in [0, 0.05) is 17.4 Å². The fraction of sp³-hybridized carbons (Fsp3) is 0.0714. The monoisotopic (exact) mass is 321 g/mol. The fourth-order valence-electron chi connectivity index (χ4n) is 1.85. The molecule has 1 aromatic carbocycles. The molecule has 0 saturated carbocycles. The first-order chi connectivity index (χ1) is 11.0. The Balaban J connectivity index is 2.35. The summed E-state index contributed by atoms with van der Waals surface area (Å²) in [6, 6.07) is 4.94. The van der Waals surface area contributed by atoms with E-state index < -0.39 is 35.7 Å². The van der Waals surface area contributed by atoms with Crippen molar-refractivity contribution < 1.29 is 29.4 Å². The van der Waals surface area contributed by atoms with Crippen molar-refractivity contribution in [1.82, 2.24) is 10.5 Å².